The molecule has 2 heterocycles. The molecule has 102 valence electrons. The highest BCUT2D eigenvalue weighted by atomic mass is 16.7. The van der Waals surface area contributed by atoms with Crippen molar-refractivity contribution in [3.05, 3.63) is 53.1 Å². The van der Waals surface area contributed by atoms with Crippen LogP contribution in [-0.4, -0.2) is 18.5 Å². The highest BCUT2D eigenvalue weighted by Crippen LogP contribution is 2.39. The van der Waals surface area contributed by atoms with Crippen LogP contribution in [-0.2, 0) is 6.42 Å². The second-order valence-corrected chi connectivity index (χ2v) is 4.95. The maximum atomic E-state index is 10.6. The summed E-state index contributed by atoms with van der Waals surface area (Å²) in [6, 6.07) is 11.4. The SMILES string of the molecule is OC(c1ccc2c(c1)OCO2)c1cccc2c1OCC2. The highest BCUT2D eigenvalue weighted by Gasteiger charge is 2.23. The number of aliphatic hydroxyl groups is 1. The van der Waals surface area contributed by atoms with Crippen LogP contribution in [0.1, 0.15) is 22.8 Å². The molecule has 0 saturated heterocycles. The van der Waals surface area contributed by atoms with Crippen molar-refractivity contribution in [2.45, 2.75) is 12.5 Å². The molecule has 2 aliphatic rings. The zero-order valence-corrected chi connectivity index (χ0v) is 10.8. The van der Waals surface area contributed by atoms with E-state index in [4.69, 9.17) is 14.2 Å². The largest absolute Gasteiger partial charge is 0.493 e. The minimum atomic E-state index is -0.724. The molecule has 0 radical (unpaired) electrons. The van der Waals surface area contributed by atoms with Gasteiger partial charge in [0.05, 0.1) is 6.61 Å². The first kappa shape index (κ1) is 11.6. The molecule has 2 aromatic carbocycles. The van der Waals surface area contributed by atoms with Crippen LogP contribution in [0.15, 0.2) is 36.4 Å². The van der Waals surface area contributed by atoms with Crippen molar-refractivity contribution in [1.82, 2.24) is 0 Å². The Morgan fingerprint density at radius 2 is 1.90 bits per heavy atom. The van der Waals surface area contributed by atoms with Crippen molar-refractivity contribution in [3.8, 4) is 17.2 Å². The Morgan fingerprint density at radius 3 is 2.85 bits per heavy atom. The number of benzene rings is 2. The van der Waals surface area contributed by atoms with E-state index in [1.54, 1.807) is 0 Å². The first-order valence-corrected chi connectivity index (χ1v) is 6.65. The van der Waals surface area contributed by atoms with E-state index < -0.39 is 6.10 Å². The highest BCUT2D eigenvalue weighted by molar-refractivity contribution is 5.51. The van der Waals surface area contributed by atoms with Crippen molar-refractivity contribution in [1.29, 1.82) is 0 Å². The monoisotopic (exact) mass is 270 g/mol. The van der Waals surface area contributed by atoms with Gasteiger partial charge in [0.2, 0.25) is 6.79 Å². The smallest absolute Gasteiger partial charge is 0.231 e. The van der Waals surface area contributed by atoms with Gasteiger partial charge in [-0.3, -0.25) is 0 Å². The molecule has 0 saturated carbocycles. The Labute approximate surface area is 116 Å². The molecule has 4 heteroatoms. The molecule has 2 aromatic rings. The zero-order valence-electron chi connectivity index (χ0n) is 10.8. The average Bonchev–Trinajstić information content (AvgIpc) is 3.13. The summed E-state index contributed by atoms with van der Waals surface area (Å²) >= 11 is 0. The lowest BCUT2D eigenvalue weighted by atomic mass is 9.98. The van der Waals surface area contributed by atoms with Gasteiger partial charge in [0.1, 0.15) is 11.9 Å². The number of para-hydroxylation sites is 1. The number of hydrogen-bond donors (Lipinski definition) is 1. The summed E-state index contributed by atoms with van der Waals surface area (Å²) in [7, 11) is 0. The Hall–Kier alpha value is -2.20. The summed E-state index contributed by atoms with van der Waals surface area (Å²) < 4.78 is 16.3. The van der Waals surface area contributed by atoms with Crippen LogP contribution in [0.25, 0.3) is 0 Å². The predicted octanol–water partition coefficient (Wildman–Crippen LogP) is 2.43. The summed E-state index contributed by atoms with van der Waals surface area (Å²) in [4.78, 5) is 0. The van der Waals surface area contributed by atoms with E-state index in [1.165, 1.54) is 0 Å². The minimum absolute atomic E-state index is 0.235. The zero-order chi connectivity index (χ0) is 13.5. The van der Waals surface area contributed by atoms with Crippen LogP contribution in [0.4, 0.5) is 0 Å². The standard InChI is InChI=1S/C16H14O4/c17-15(11-4-5-13-14(8-11)20-9-19-13)12-3-1-2-10-6-7-18-16(10)12/h1-5,8,15,17H,6-7,9H2. The summed E-state index contributed by atoms with van der Waals surface area (Å²) in [5.74, 6) is 2.21. The average molecular weight is 270 g/mol. The molecule has 1 unspecified atom stereocenters. The van der Waals surface area contributed by atoms with Crippen LogP contribution in [0, 0.1) is 0 Å². The van der Waals surface area contributed by atoms with Gasteiger partial charge in [-0.2, -0.15) is 0 Å². The number of ether oxygens (including phenoxy) is 3. The number of fused-ring (bicyclic) bond motifs is 2. The molecule has 0 amide bonds. The summed E-state index contributed by atoms with van der Waals surface area (Å²) in [6.07, 6.45) is 0.175. The first-order valence-electron chi connectivity index (χ1n) is 6.65. The molecule has 1 N–H and O–H groups in total. The molecule has 4 nitrogen and oxygen atoms in total. The van der Waals surface area contributed by atoms with Crippen molar-refractivity contribution in [3.63, 3.8) is 0 Å². The Bertz CT molecular complexity index is 666. The quantitative estimate of drug-likeness (QED) is 0.910. The maximum Gasteiger partial charge on any atom is 0.231 e. The van der Waals surface area contributed by atoms with E-state index in [9.17, 15) is 5.11 Å². The third-order valence-electron chi connectivity index (χ3n) is 3.75. The predicted molar refractivity (Wildman–Crippen MR) is 72.3 cm³/mol. The van der Waals surface area contributed by atoms with Crippen LogP contribution in [0.3, 0.4) is 0 Å². The first-order chi connectivity index (χ1) is 9.83. The fourth-order valence-electron chi connectivity index (χ4n) is 2.72. The van der Waals surface area contributed by atoms with Crippen LogP contribution >= 0.6 is 0 Å². The van der Waals surface area contributed by atoms with E-state index in [0.29, 0.717) is 12.4 Å². The summed E-state index contributed by atoms with van der Waals surface area (Å²) in [5, 5.41) is 10.6. The van der Waals surface area contributed by atoms with Crippen LogP contribution in [0.5, 0.6) is 17.2 Å². The van der Waals surface area contributed by atoms with E-state index >= 15 is 0 Å². The Kier molecular flexibility index (Phi) is 2.57. The molecular weight excluding hydrogens is 256 g/mol. The number of rotatable bonds is 2. The molecule has 2 aliphatic heterocycles. The summed E-state index contributed by atoms with van der Waals surface area (Å²) in [6.45, 7) is 0.916. The van der Waals surface area contributed by atoms with Crippen LogP contribution < -0.4 is 14.2 Å². The normalized spacial score (nSPS) is 16.6. The third-order valence-corrected chi connectivity index (χ3v) is 3.75. The van der Waals surface area contributed by atoms with E-state index in [-0.39, 0.29) is 6.79 Å². The summed E-state index contributed by atoms with van der Waals surface area (Å²) in [5.41, 5.74) is 2.74. The van der Waals surface area contributed by atoms with Gasteiger partial charge in [-0.25, -0.2) is 0 Å². The van der Waals surface area contributed by atoms with E-state index in [0.717, 1.165) is 34.6 Å². The van der Waals surface area contributed by atoms with Gasteiger partial charge in [-0.05, 0) is 23.3 Å². The molecule has 20 heavy (non-hydrogen) atoms. The third kappa shape index (κ3) is 1.72. The lowest BCUT2D eigenvalue weighted by molar-refractivity contribution is 0.173. The Balaban J connectivity index is 1.74. The maximum absolute atomic E-state index is 10.6. The molecular formula is C16H14O4. The topological polar surface area (TPSA) is 47.9 Å². The Morgan fingerprint density at radius 1 is 1.00 bits per heavy atom. The molecule has 0 aromatic heterocycles. The lowest BCUT2D eigenvalue weighted by Crippen LogP contribution is -2.02. The van der Waals surface area contributed by atoms with Gasteiger partial charge >= 0.3 is 0 Å². The van der Waals surface area contributed by atoms with Gasteiger partial charge in [0, 0.05) is 12.0 Å². The molecule has 0 bridgehead atoms. The number of aliphatic hydroxyl groups excluding tert-OH is 1. The van der Waals surface area contributed by atoms with Crippen LogP contribution in [0.2, 0.25) is 0 Å². The minimum Gasteiger partial charge on any atom is -0.493 e. The fourth-order valence-corrected chi connectivity index (χ4v) is 2.72. The van der Waals surface area contributed by atoms with E-state index in [1.807, 2.05) is 36.4 Å². The fraction of sp³-hybridized carbons (Fsp3) is 0.250. The van der Waals surface area contributed by atoms with Crippen molar-refractivity contribution in [2.24, 2.45) is 0 Å². The van der Waals surface area contributed by atoms with Gasteiger partial charge in [0.15, 0.2) is 11.5 Å². The second-order valence-electron chi connectivity index (χ2n) is 4.95. The van der Waals surface area contributed by atoms with Gasteiger partial charge in [-0.1, -0.05) is 24.3 Å². The van der Waals surface area contributed by atoms with Crippen molar-refractivity contribution >= 4 is 0 Å². The van der Waals surface area contributed by atoms with Crippen molar-refractivity contribution in [2.75, 3.05) is 13.4 Å². The molecule has 0 aliphatic carbocycles. The molecule has 0 spiro atoms. The van der Waals surface area contributed by atoms with Gasteiger partial charge < -0.3 is 19.3 Å². The molecule has 1 atom stereocenters. The van der Waals surface area contributed by atoms with Gasteiger partial charge in [0.25, 0.3) is 0 Å². The van der Waals surface area contributed by atoms with Gasteiger partial charge in [-0.15, -0.1) is 0 Å². The second kappa shape index (κ2) is 4.42. The molecule has 0 fully saturated rings. The molecule has 4 rings (SSSR count). The van der Waals surface area contributed by atoms with E-state index in [2.05, 4.69) is 0 Å². The number of hydrogen-bond acceptors (Lipinski definition) is 4. The lowest BCUT2D eigenvalue weighted by Gasteiger charge is -2.15. The van der Waals surface area contributed by atoms with Crippen molar-refractivity contribution < 1.29 is 19.3 Å².